The smallest absolute Gasteiger partial charge is 0.219 e. The van der Waals surface area contributed by atoms with Gasteiger partial charge in [0.1, 0.15) is 0 Å². The molecule has 1 amide bonds. The quantitative estimate of drug-likeness (QED) is 0.537. The Kier molecular flexibility index (Phi) is 11.6. The third-order valence-corrected chi connectivity index (χ3v) is 3.40. The summed E-state index contributed by atoms with van der Waals surface area (Å²) in [6.07, 6.45) is 10.5. The van der Waals surface area contributed by atoms with Crippen LogP contribution in [0.1, 0.15) is 78.6 Å². The Bertz CT molecular complexity index is 180. The summed E-state index contributed by atoms with van der Waals surface area (Å²) in [6.45, 7) is 7.57. The van der Waals surface area contributed by atoms with E-state index in [1.54, 1.807) is 0 Å². The molecular weight excluding hydrogens is 210 g/mol. The van der Waals surface area contributed by atoms with Gasteiger partial charge in [0.05, 0.1) is 0 Å². The van der Waals surface area contributed by atoms with Crippen LogP contribution in [0, 0.1) is 5.92 Å². The molecule has 102 valence electrons. The molecule has 0 saturated carbocycles. The zero-order valence-electron chi connectivity index (χ0n) is 12.1. The van der Waals surface area contributed by atoms with Gasteiger partial charge in [-0.05, 0) is 18.8 Å². The number of hydrogen-bond acceptors (Lipinski definition) is 1. The molecule has 0 radical (unpaired) electrons. The molecule has 0 saturated heterocycles. The van der Waals surface area contributed by atoms with Crippen molar-refractivity contribution in [2.75, 3.05) is 6.54 Å². The van der Waals surface area contributed by atoms with Crippen LogP contribution in [-0.2, 0) is 4.79 Å². The third kappa shape index (κ3) is 11.7. The summed E-state index contributed by atoms with van der Waals surface area (Å²) < 4.78 is 0. The Morgan fingerprint density at radius 2 is 1.76 bits per heavy atom. The van der Waals surface area contributed by atoms with E-state index in [4.69, 9.17) is 0 Å². The molecule has 0 aliphatic carbocycles. The van der Waals surface area contributed by atoms with E-state index in [2.05, 4.69) is 26.1 Å². The maximum atomic E-state index is 11.4. The monoisotopic (exact) mass is 241 g/mol. The van der Waals surface area contributed by atoms with Crippen molar-refractivity contribution in [1.29, 1.82) is 0 Å². The fourth-order valence-electron chi connectivity index (χ4n) is 1.83. The Morgan fingerprint density at radius 1 is 1.06 bits per heavy atom. The lowest BCUT2D eigenvalue weighted by Gasteiger charge is -2.07. The summed E-state index contributed by atoms with van der Waals surface area (Å²) in [4.78, 5) is 11.4. The second-order valence-electron chi connectivity index (χ2n) is 5.17. The second kappa shape index (κ2) is 11.9. The number of amides is 1. The van der Waals surface area contributed by atoms with Gasteiger partial charge < -0.3 is 5.32 Å². The average Bonchev–Trinajstić information content (AvgIpc) is 2.33. The molecule has 0 fully saturated rings. The van der Waals surface area contributed by atoms with Crippen molar-refractivity contribution in [1.82, 2.24) is 5.32 Å². The largest absolute Gasteiger partial charge is 0.356 e. The predicted octanol–water partition coefficient (Wildman–Crippen LogP) is 4.29. The highest BCUT2D eigenvalue weighted by molar-refractivity contribution is 5.75. The molecule has 1 atom stereocenters. The van der Waals surface area contributed by atoms with Gasteiger partial charge in [0.15, 0.2) is 0 Å². The van der Waals surface area contributed by atoms with E-state index in [1.807, 2.05) is 0 Å². The first kappa shape index (κ1) is 16.5. The van der Waals surface area contributed by atoms with E-state index in [-0.39, 0.29) is 5.91 Å². The molecular formula is C15H31NO. The van der Waals surface area contributed by atoms with Crippen molar-refractivity contribution >= 4 is 5.91 Å². The lowest BCUT2D eigenvalue weighted by molar-refractivity contribution is -0.121. The van der Waals surface area contributed by atoms with E-state index in [9.17, 15) is 4.79 Å². The van der Waals surface area contributed by atoms with E-state index < -0.39 is 0 Å². The summed E-state index contributed by atoms with van der Waals surface area (Å²) in [5.74, 6) is 1.10. The van der Waals surface area contributed by atoms with Crippen molar-refractivity contribution in [2.45, 2.75) is 78.6 Å². The highest BCUT2D eigenvalue weighted by Gasteiger charge is 2.01. The minimum atomic E-state index is 0.236. The number of unbranched alkanes of at least 4 members (excludes halogenated alkanes) is 4. The molecule has 2 heteroatoms. The van der Waals surface area contributed by atoms with Crippen LogP contribution in [0.4, 0.5) is 0 Å². The number of carbonyl (C=O) groups excluding carboxylic acids is 1. The van der Waals surface area contributed by atoms with Crippen LogP contribution in [0.15, 0.2) is 0 Å². The SMILES string of the molecule is CCCCNC(=O)CCCCCCC(C)CC. The lowest BCUT2D eigenvalue weighted by Crippen LogP contribution is -2.23. The zero-order valence-corrected chi connectivity index (χ0v) is 12.1. The molecule has 0 aromatic heterocycles. The van der Waals surface area contributed by atoms with Gasteiger partial charge in [-0.1, -0.05) is 59.3 Å². The molecule has 0 bridgehead atoms. The first-order valence-corrected chi connectivity index (χ1v) is 7.47. The minimum Gasteiger partial charge on any atom is -0.356 e. The van der Waals surface area contributed by atoms with Crippen LogP contribution in [0.2, 0.25) is 0 Å². The van der Waals surface area contributed by atoms with Gasteiger partial charge >= 0.3 is 0 Å². The molecule has 1 N–H and O–H groups in total. The van der Waals surface area contributed by atoms with Crippen molar-refractivity contribution in [3.8, 4) is 0 Å². The second-order valence-corrected chi connectivity index (χ2v) is 5.17. The summed E-state index contributed by atoms with van der Waals surface area (Å²) >= 11 is 0. The fraction of sp³-hybridized carbons (Fsp3) is 0.933. The predicted molar refractivity (Wildman–Crippen MR) is 75.1 cm³/mol. The molecule has 0 aromatic carbocycles. The van der Waals surface area contributed by atoms with Gasteiger partial charge in [0, 0.05) is 13.0 Å². The van der Waals surface area contributed by atoms with Crippen molar-refractivity contribution in [3.05, 3.63) is 0 Å². The third-order valence-electron chi connectivity index (χ3n) is 3.40. The first-order valence-electron chi connectivity index (χ1n) is 7.47. The molecule has 0 aliphatic rings. The molecule has 0 aromatic rings. The maximum absolute atomic E-state index is 11.4. The molecule has 1 unspecified atom stereocenters. The lowest BCUT2D eigenvalue weighted by atomic mass is 10.00. The fourth-order valence-corrected chi connectivity index (χ4v) is 1.83. The van der Waals surface area contributed by atoms with E-state index in [0.717, 1.165) is 31.7 Å². The number of nitrogens with one attached hydrogen (secondary N) is 1. The van der Waals surface area contributed by atoms with Crippen molar-refractivity contribution in [3.63, 3.8) is 0 Å². The summed E-state index contributed by atoms with van der Waals surface area (Å²) in [5, 5.41) is 2.96. The van der Waals surface area contributed by atoms with E-state index in [0.29, 0.717) is 6.42 Å². The molecule has 17 heavy (non-hydrogen) atoms. The molecule has 0 aliphatic heterocycles. The van der Waals surface area contributed by atoms with Crippen LogP contribution in [0.5, 0.6) is 0 Å². The topological polar surface area (TPSA) is 29.1 Å². The highest BCUT2D eigenvalue weighted by atomic mass is 16.1. The first-order chi connectivity index (χ1) is 8.20. The molecule has 2 nitrogen and oxygen atoms in total. The molecule has 0 rings (SSSR count). The van der Waals surface area contributed by atoms with Crippen molar-refractivity contribution in [2.24, 2.45) is 5.92 Å². The van der Waals surface area contributed by atoms with Crippen molar-refractivity contribution < 1.29 is 4.79 Å². The van der Waals surface area contributed by atoms with Crippen LogP contribution in [-0.4, -0.2) is 12.5 Å². The highest BCUT2D eigenvalue weighted by Crippen LogP contribution is 2.13. The van der Waals surface area contributed by atoms with Crippen LogP contribution in [0.3, 0.4) is 0 Å². The summed E-state index contributed by atoms with van der Waals surface area (Å²) in [6, 6.07) is 0. The Balaban J connectivity index is 3.19. The average molecular weight is 241 g/mol. The Labute approximate surface area is 108 Å². The van der Waals surface area contributed by atoms with Gasteiger partial charge in [-0.2, -0.15) is 0 Å². The Hall–Kier alpha value is -0.530. The number of hydrogen-bond donors (Lipinski definition) is 1. The van der Waals surface area contributed by atoms with E-state index >= 15 is 0 Å². The normalized spacial score (nSPS) is 12.4. The van der Waals surface area contributed by atoms with Gasteiger partial charge in [-0.3, -0.25) is 4.79 Å². The summed E-state index contributed by atoms with van der Waals surface area (Å²) in [7, 11) is 0. The van der Waals surface area contributed by atoms with Gasteiger partial charge in [-0.15, -0.1) is 0 Å². The van der Waals surface area contributed by atoms with Crippen LogP contribution >= 0.6 is 0 Å². The van der Waals surface area contributed by atoms with Crippen LogP contribution < -0.4 is 5.32 Å². The van der Waals surface area contributed by atoms with Gasteiger partial charge in [0.25, 0.3) is 0 Å². The maximum Gasteiger partial charge on any atom is 0.219 e. The van der Waals surface area contributed by atoms with Crippen LogP contribution in [0.25, 0.3) is 0 Å². The number of rotatable bonds is 11. The zero-order chi connectivity index (χ0) is 12.9. The summed E-state index contributed by atoms with van der Waals surface area (Å²) in [5.41, 5.74) is 0. The molecule has 0 heterocycles. The number of carbonyl (C=O) groups is 1. The standard InChI is InChI=1S/C15H31NO/c1-4-6-13-16-15(17)12-10-8-7-9-11-14(3)5-2/h14H,4-13H2,1-3H3,(H,16,17). The van der Waals surface area contributed by atoms with Gasteiger partial charge in [0.2, 0.25) is 5.91 Å². The van der Waals surface area contributed by atoms with Gasteiger partial charge in [-0.25, -0.2) is 0 Å². The minimum absolute atomic E-state index is 0.236. The molecule has 0 spiro atoms. The Morgan fingerprint density at radius 3 is 2.41 bits per heavy atom. The van der Waals surface area contributed by atoms with E-state index in [1.165, 1.54) is 32.1 Å².